The van der Waals surface area contributed by atoms with Crippen LogP contribution in [0.4, 0.5) is 5.69 Å². The Labute approximate surface area is 184 Å². The Morgan fingerprint density at radius 2 is 1.88 bits per heavy atom. The first-order chi connectivity index (χ1) is 15.5. The second-order valence-electron chi connectivity index (χ2n) is 7.48. The molecule has 1 aliphatic rings. The highest BCUT2D eigenvalue weighted by atomic mass is 16.5. The molecule has 166 valence electrons. The summed E-state index contributed by atoms with van der Waals surface area (Å²) in [4.78, 5) is 38.6. The molecular weight excluding hydrogens is 412 g/mol. The van der Waals surface area contributed by atoms with Crippen LogP contribution in [0, 0.1) is 5.92 Å². The SMILES string of the molecule is CCOC(=O)c1ccn(-c2ccc(NC(=O)C3CCN(C(=O)c4ccoc4)CC3)cc2)n1. The van der Waals surface area contributed by atoms with Crippen LogP contribution in [0.1, 0.15) is 40.6 Å². The molecule has 1 saturated heterocycles. The molecule has 0 unspecified atom stereocenters. The minimum atomic E-state index is -0.465. The summed E-state index contributed by atoms with van der Waals surface area (Å²) < 4.78 is 11.5. The van der Waals surface area contributed by atoms with Crippen LogP contribution >= 0.6 is 0 Å². The maximum absolute atomic E-state index is 12.7. The third-order valence-corrected chi connectivity index (χ3v) is 5.39. The lowest BCUT2D eigenvalue weighted by Gasteiger charge is -2.31. The summed E-state index contributed by atoms with van der Waals surface area (Å²) in [5.41, 5.74) is 2.19. The van der Waals surface area contributed by atoms with E-state index in [0.29, 0.717) is 43.8 Å². The zero-order valence-corrected chi connectivity index (χ0v) is 17.7. The second kappa shape index (κ2) is 9.51. The van der Waals surface area contributed by atoms with Crippen LogP contribution < -0.4 is 5.32 Å². The summed E-state index contributed by atoms with van der Waals surface area (Å²) in [5.74, 6) is -0.747. The Morgan fingerprint density at radius 1 is 1.12 bits per heavy atom. The second-order valence-corrected chi connectivity index (χ2v) is 7.48. The number of benzene rings is 1. The lowest BCUT2D eigenvalue weighted by atomic mass is 9.95. The minimum Gasteiger partial charge on any atom is -0.472 e. The Hall–Kier alpha value is -3.88. The van der Waals surface area contributed by atoms with Crippen molar-refractivity contribution < 1.29 is 23.5 Å². The summed E-state index contributed by atoms with van der Waals surface area (Å²) in [6, 6.07) is 10.4. The van der Waals surface area contributed by atoms with Crippen molar-refractivity contribution in [3.05, 3.63) is 66.4 Å². The fraction of sp³-hybridized carbons (Fsp3) is 0.304. The zero-order chi connectivity index (χ0) is 22.5. The van der Waals surface area contributed by atoms with Crippen LogP contribution in [0.3, 0.4) is 0 Å². The van der Waals surface area contributed by atoms with Gasteiger partial charge in [-0.05, 0) is 56.2 Å². The minimum absolute atomic E-state index is 0.0585. The van der Waals surface area contributed by atoms with Gasteiger partial charge in [0.25, 0.3) is 5.91 Å². The van der Waals surface area contributed by atoms with Crippen molar-refractivity contribution in [3.8, 4) is 5.69 Å². The third-order valence-electron chi connectivity index (χ3n) is 5.39. The van der Waals surface area contributed by atoms with Crippen molar-refractivity contribution in [2.24, 2.45) is 5.92 Å². The van der Waals surface area contributed by atoms with E-state index in [1.165, 1.54) is 12.5 Å². The molecule has 0 radical (unpaired) electrons. The van der Waals surface area contributed by atoms with E-state index in [1.54, 1.807) is 47.0 Å². The molecule has 1 aromatic carbocycles. The van der Waals surface area contributed by atoms with Crippen molar-refractivity contribution in [2.45, 2.75) is 19.8 Å². The summed E-state index contributed by atoms with van der Waals surface area (Å²) in [6.07, 6.45) is 5.81. The van der Waals surface area contributed by atoms with Crippen LogP contribution in [0.15, 0.2) is 59.5 Å². The van der Waals surface area contributed by atoms with E-state index < -0.39 is 5.97 Å². The molecule has 1 N–H and O–H groups in total. The molecule has 0 bridgehead atoms. The number of esters is 1. The number of ether oxygens (including phenoxy) is 1. The number of nitrogens with zero attached hydrogens (tertiary/aromatic N) is 3. The number of anilines is 1. The molecule has 3 aromatic rings. The molecule has 9 nitrogen and oxygen atoms in total. The zero-order valence-electron chi connectivity index (χ0n) is 17.7. The third kappa shape index (κ3) is 4.72. The van der Waals surface area contributed by atoms with E-state index in [9.17, 15) is 14.4 Å². The molecule has 1 fully saturated rings. The fourth-order valence-electron chi connectivity index (χ4n) is 3.64. The lowest BCUT2D eigenvalue weighted by Crippen LogP contribution is -2.41. The van der Waals surface area contributed by atoms with Crippen molar-refractivity contribution in [1.29, 1.82) is 0 Å². The molecule has 9 heteroatoms. The van der Waals surface area contributed by atoms with Crippen molar-refractivity contribution in [3.63, 3.8) is 0 Å². The van der Waals surface area contributed by atoms with Gasteiger partial charge in [-0.3, -0.25) is 9.59 Å². The average molecular weight is 436 g/mol. The van der Waals surface area contributed by atoms with Gasteiger partial charge in [-0.2, -0.15) is 5.10 Å². The first-order valence-electron chi connectivity index (χ1n) is 10.5. The predicted octanol–water partition coefficient (Wildman–Crippen LogP) is 3.13. The number of hydrogen-bond acceptors (Lipinski definition) is 6. The quantitative estimate of drug-likeness (QED) is 0.595. The summed E-state index contributed by atoms with van der Waals surface area (Å²) in [6.45, 7) is 3.10. The standard InChI is InChI=1S/C23H24N4O5/c1-2-32-23(30)20-9-13-27(25-20)19-5-3-18(4-6-19)24-21(28)16-7-11-26(12-8-16)22(29)17-10-14-31-15-17/h3-6,9-10,13-16H,2,7-8,11-12H2,1H3,(H,24,28). The molecule has 0 aliphatic carbocycles. The van der Waals surface area contributed by atoms with Gasteiger partial charge < -0.3 is 19.4 Å². The number of hydrogen-bond donors (Lipinski definition) is 1. The van der Waals surface area contributed by atoms with E-state index in [4.69, 9.17) is 9.15 Å². The average Bonchev–Trinajstić information content (AvgIpc) is 3.52. The van der Waals surface area contributed by atoms with Crippen LogP contribution in [0.5, 0.6) is 0 Å². The van der Waals surface area contributed by atoms with Crippen LogP contribution in [-0.4, -0.2) is 52.2 Å². The van der Waals surface area contributed by atoms with Gasteiger partial charge in [-0.1, -0.05) is 0 Å². The summed E-state index contributed by atoms with van der Waals surface area (Å²) in [7, 11) is 0. The maximum Gasteiger partial charge on any atom is 0.358 e. The smallest absolute Gasteiger partial charge is 0.358 e. The Balaban J connectivity index is 1.31. The largest absolute Gasteiger partial charge is 0.472 e. The molecule has 0 atom stereocenters. The number of likely N-dealkylation sites (tertiary alicyclic amines) is 1. The normalized spacial score (nSPS) is 14.2. The number of nitrogens with one attached hydrogen (secondary N) is 1. The van der Waals surface area contributed by atoms with E-state index in [-0.39, 0.29) is 23.4 Å². The highest BCUT2D eigenvalue weighted by Crippen LogP contribution is 2.22. The highest BCUT2D eigenvalue weighted by molar-refractivity contribution is 5.95. The summed E-state index contributed by atoms with van der Waals surface area (Å²) in [5, 5.41) is 7.16. The number of amides is 2. The molecular formula is C23H24N4O5. The van der Waals surface area contributed by atoms with Crippen molar-refractivity contribution >= 4 is 23.5 Å². The topological polar surface area (TPSA) is 107 Å². The number of aromatic nitrogens is 2. The van der Waals surface area contributed by atoms with Crippen LogP contribution in [0.25, 0.3) is 5.69 Å². The van der Waals surface area contributed by atoms with Gasteiger partial charge in [0.1, 0.15) is 6.26 Å². The number of carbonyl (C=O) groups is 3. The molecule has 0 saturated carbocycles. The lowest BCUT2D eigenvalue weighted by molar-refractivity contribution is -0.121. The van der Waals surface area contributed by atoms with Gasteiger partial charge in [-0.15, -0.1) is 0 Å². The van der Waals surface area contributed by atoms with Gasteiger partial charge in [-0.25, -0.2) is 9.48 Å². The van der Waals surface area contributed by atoms with E-state index in [0.717, 1.165) is 5.69 Å². The van der Waals surface area contributed by atoms with Gasteiger partial charge in [0, 0.05) is 30.9 Å². The molecule has 0 spiro atoms. The first kappa shape index (κ1) is 21.4. The maximum atomic E-state index is 12.7. The molecule has 32 heavy (non-hydrogen) atoms. The van der Waals surface area contributed by atoms with Crippen molar-refractivity contribution in [1.82, 2.24) is 14.7 Å². The number of furan rings is 1. The molecule has 2 aromatic heterocycles. The number of rotatable bonds is 6. The van der Waals surface area contributed by atoms with Gasteiger partial charge >= 0.3 is 5.97 Å². The Kier molecular flexibility index (Phi) is 6.34. The first-order valence-corrected chi connectivity index (χ1v) is 10.5. The van der Waals surface area contributed by atoms with Gasteiger partial charge in [0.05, 0.1) is 24.1 Å². The van der Waals surface area contributed by atoms with E-state index in [1.807, 2.05) is 12.1 Å². The number of carbonyl (C=O) groups excluding carboxylic acids is 3. The highest BCUT2D eigenvalue weighted by Gasteiger charge is 2.28. The van der Waals surface area contributed by atoms with Crippen LogP contribution in [-0.2, 0) is 9.53 Å². The van der Waals surface area contributed by atoms with Crippen molar-refractivity contribution in [2.75, 3.05) is 25.0 Å². The Bertz CT molecular complexity index is 1080. The van der Waals surface area contributed by atoms with E-state index >= 15 is 0 Å². The molecule has 4 rings (SSSR count). The van der Waals surface area contributed by atoms with Gasteiger partial charge in [0.15, 0.2) is 5.69 Å². The number of piperidine rings is 1. The van der Waals surface area contributed by atoms with Crippen LogP contribution in [0.2, 0.25) is 0 Å². The molecule has 3 heterocycles. The predicted molar refractivity (Wildman–Crippen MR) is 115 cm³/mol. The monoisotopic (exact) mass is 436 g/mol. The molecule has 2 amide bonds. The van der Waals surface area contributed by atoms with Gasteiger partial charge in [0.2, 0.25) is 5.91 Å². The Morgan fingerprint density at radius 3 is 2.53 bits per heavy atom. The summed E-state index contributed by atoms with van der Waals surface area (Å²) >= 11 is 0. The van der Waals surface area contributed by atoms with E-state index in [2.05, 4.69) is 10.4 Å². The molecule has 1 aliphatic heterocycles. The fourth-order valence-corrected chi connectivity index (χ4v) is 3.64.